The molecule has 4 rings (SSSR count). The Hall–Kier alpha value is -1.26. The number of thiol groups is 1. The van der Waals surface area contributed by atoms with Crippen molar-refractivity contribution in [1.29, 1.82) is 0 Å². The van der Waals surface area contributed by atoms with Crippen molar-refractivity contribution in [3.63, 3.8) is 0 Å². The maximum absolute atomic E-state index is 12.3. The summed E-state index contributed by atoms with van der Waals surface area (Å²) in [4.78, 5) is 0.704. The normalized spacial score (nSPS) is 28.7. The van der Waals surface area contributed by atoms with Gasteiger partial charge in [-0.15, -0.1) is 12.6 Å². The molecule has 4 heteroatoms. The first-order valence-electron chi connectivity index (χ1n) is 7.84. The molecule has 2 saturated heterocycles. The van der Waals surface area contributed by atoms with Gasteiger partial charge in [0.1, 0.15) is 17.7 Å². The van der Waals surface area contributed by atoms with Crippen LogP contribution < -0.4 is 5.32 Å². The molecule has 0 spiro atoms. The Balaban J connectivity index is 0.000000142. The lowest BCUT2D eigenvalue weighted by Crippen LogP contribution is -2.39. The molecule has 0 amide bonds. The highest BCUT2D eigenvalue weighted by Crippen LogP contribution is 2.42. The van der Waals surface area contributed by atoms with Gasteiger partial charge in [0.25, 0.3) is 0 Å². The van der Waals surface area contributed by atoms with Crippen molar-refractivity contribution in [3.8, 4) is 0 Å². The van der Waals surface area contributed by atoms with Gasteiger partial charge in [-0.1, -0.05) is 18.2 Å². The molecular weight excluding hydrogens is 297 g/mol. The van der Waals surface area contributed by atoms with E-state index in [4.69, 9.17) is 4.74 Å². The molecule has 2 fully saturated rings. The van der Waals surface area contributed by atoms with E-state index >= 15 is 0 Å². The van der Waals surface area contributed by atoms with E-state index in [1.165, 1.54) is 30.7 Å². The lowest BCUT2D eigenvalue weighted by atomic mass is 9.81. The lowest BCUT2D eigenvalue weighted by molar-refractivity contribution is 0.108. The number of piperidine rings is 1. The Bertz CT molecular complexity index is 599. The number of nitrogens with one attached hydrogen (secondary N) is 1. The third-order valence-corrected chi connectivity index (χ3v) is 5.09. The molecule has 0 aromatic heterocycles. The number of ether oxygens (including phenoxy) is 1. The molecule has 2 nitrogen and oxygen atoms in total. The van der Waals surface area contributed by atoms with Crippen LogP contribution in [0.5, 0.6) is 0 Å². The van der Waals surface area contributed by atoms with Gasteiger partial charge < -0.3 is 10.1 Å². The fraction of sp³-hybridized carbons (Fsp3) is 0.444. The van der Waals surface area contributed by atoms with Gasteiger partial charge in [-0.3, -0.25) is 0 Å². The van der Waals surface area contributed by atoms with E-state index < -0.39 is 0 Å². The SMILES string of the molecule is C1=CCC2C(=C1)OC1CNCCC12.Cc1ccc(F)cc1S. The second-order valence-corrected chi connectivity index (χ2v) is 6.56. The maximum atomic E-state index is 12.3. The quantitative estimate of drug-likeness (QED) is 0.708. The van der Waals surface area contributed by atoms with Crippen LogP contribution in [0.4, 0.5) is 4.39 Å². The number of fused-ring (bicyclic) bond motifs is 3. The summed E-state index contributed by atoms with van der Waals surface area (Å²) in [5, 5.41) is 3.39. The zero-order valence-electron chi connectivity index (χ0n) is 12.8. The first kappa shape index (κ1) is 15.6. The number of halogens is 1. The predicted molar refractivity (Wildman–Crippen MR) is 89.6 cm³/mol. The van der Waals surface area contributed by atoms with Crippen LogP contribution in [-0.4, -0.2) is 19.2 Å². The first-order chi connectivity index (χ1) is 10.6. The summed E-state index contributed by atoms with van der Waals surface area (Å²) in [6.07, 6.45) is 9.45. The predicted octanol–water partition coefficient (Wildman–Crippen LogP) is 3.88. The van der Waals surface area contributed by atoms with Crippen LogP contribution in [0.1, 0.15) is 18.4 Å². The number of hydrogen-bond donors (Lipinski definition) is 2. The van der Waals surface area contributed by atoms with Crippen molar-refractivity contribution in [1.82, 2.24) is 5.32 Å². The van der Waals surface area contributed by atoms with Crippen LogP contribution in [0.25, 0.3) is 0 Å². The van der Waals surface area contributed by atoms with Gasteiger partial charge in [0.2, 0.25) is 0 Å². The van der Waals surface area contributed by atoms with Crippen molar-refractivity contribution >= 4 is 12.6 Å². The van der Waals surface area contributed by atoms with Gasteiger partial charge in [-0.2, -0.15) is 0 Å². The molecule has 0 saturated carbocycles. The van der Waals surface area contributed by atoms with E-state index in [-0.39, 0.29) is 5.82 Å². The molecule has 118 valence electrons. The molecule has 2 heterocycles. The summed E-state index contributed by atoms with van der Waals surface area (Å²) in [7, 11) is 0. The average Bonchev–Trinajstić information content (AvgIpc) is 2.91. The maximum Gasteiger partial charge on any atom is 0.124 e. The third kappa shape index (κ3) is 3.39. The second-order valence-electron chi connectivity index (χ2n) is 6.08. The highest BCUT2D eigenvalue weighted by atomic mass is 32.1. The van der Waals surface area contributed by atoms with Crippen LogP contribution >= 0.6 is 12.6 Å². The van der Waals surface area contributed by atoms with Crippen LogP contribution in [0.15, 0.2) is 47.1 Å². The number of rotatable bonds is 0. The average molecular weight is 319 g/mol. The van der Waals surface area contributed by atoms with Gasteiger partial charge in [0, 0.05) is 23.3 Å². The minimum atomic E-state index is -0.231. The molecular formula is C18H22FNOS. The van der Waals surface area contributed by atoms with Crippen molar-refractivity contribution in [3.05, 3.63) is 53.6 Å². The smallest absolute Gasteiger partial charge is 0.124 e. The Morgan fingerprint density at radius 3 is 3.00 bits per heavy atom. The van der Waals surface area contributed by atoms with Crippen molar-refractivity contribution in [2.75, 3.05) is 13.1 Å². The lowest BCUT2D eigenvalue weighted by Gasteiger charge is -2.26. The van der Waals surface area contributed by atoms with E-state index in [0.29, 0.717) is 16.9 Å². The highest BCUT2D eigenvalue weighted by molar-refractivity contribution is 7.80. The largest absolute Gasteiger partial charge is 0.493 e. The Morgan fingerprint density at radius 1 is 1.36 bits per heavy atom. The van der Waals surface area contributed by atoms with E-state index in [2.05, 4.69) is 36.2 Å². The van der Waals surface area contributed by atoms with Crippen molar-refractivity contribution in [2.24, 2.45) is 11.8 Å². The molecule has 1 aliphatic carbocycles. The van der Waals surface area contributed by atoms with Crippen molar-refractivity contribution < 1.29 is 9.13 Å². The minimum Gasteiger partial charge on any atom is -0.493 e. The van der Waals surface area contributed by atoms with Crippen LogP contribution in [0.2, 0.25) is 0 Å². The van der Waals surface area contributed by atoms with Gasteiger partial charge in [-0.25, -0.2) is 4.39 Å². The van der Waals surface area contributed by atoms with Crippen LogP contribution in [-0.2, 0) is 4.74 Å². The Labute approximate surface area is 136 Å². The summed E-state index contributed by atoms with van der Waals surface area (Å²) in [5.41, 5.74) is 1.000. The number of benzene rings is 1. The Morgan fingerprint density at radius 2 is 2.23 bits per heavy atom. The molecule has 1 aromatic carbocycles. The monoisotopic (exact) mass is 319 g/mol. The molecule has 3 unspecified atom stereocenters. The number of hydrogen-bond acceptors (Lipinski definition) is 3. The molecule has 1 N–H and O–H groups in total. The van der Waals surface area contributed by atoms with E-state index in [1.54, 1.807) is 6.07 Å². The molecule has 2 aliphatic heterocycles. The zero-order chi connectivity index (χ0) is 15.5. The summed E-state index contributed by atoms with van der Waals surface area (Å²) in [5.74, 6) is 2.47. The zero-order valence-corrected chi connectivity index (χ0v) is 13.7. The fourth-order valence-electron chi connectivity index (χ4n) is 3.34. The standard InChI is InChI=1S/C11H15NO.C7H7FS/c1-2-4-10-8(3-1)9-5-6-12-7-11(9)13-10;1-5-2-3-6(8)4-7(5)9/h1-2,4,8-9,11-12H,3,5-7H2;2-4,9H,1H3. The molecule has 1 aromatic rings. The summed E-state index contributed by atoms with van der Waals surface area (Å²) < 4.78 is 18.2. The van der Waals surface area contributed by atoms with Gasteiger partial charge in [0.05, 0.1) is 0 Å². The minimum absolute atomic E-state index is 0.231. The van der Waals surface area contributed by atoms with E-state index in [1.807, 2.05) is 6.92 Å². The molecule has 0 bridgehead atoms. The molecule has 3 atom stereocenters. The summed E-state index contributed by atoms with van der Waals surface area (Å²) in [6.45, 7) is 4.10. The van der Waals surface area contributed by atoms with Crippen molar-refractivity contribution in [2.45, 2.75) is 30.8 Å². The highest BCUT2D eigenvalue weighted by Gasteiger charge is 2.42. The molecule has 22 heavy (non-hydrogen) atoms. The van der Waals surface area contributed by atoms with Gasteiger partial charge in [0.15, 0.2) is 0 Å². The van der Waals surface area contributed by atoms with E-state index in [0.717, 1.165) is 24.6 Å². The number of allylic oxidation sites excluding steroid dienone is 4. The van der Waals surface area contributed by atoms with Crippen LogP contribution in [0.3, 0.4) is 0 Å². The molecule has 3 aliphatic rings. The summed E-state index contributed by atoms with van der Waals surface area (Å²) >= 11 is 4.03. The van der Waals surface area contributed by atoms with Gasteiger partial charge in [-0.05, 0) is 50.1 Å². The van der Waals surface area contributed by atoms with Gasteiger partial charge >= 0.3 is 0 Å². The molecule has 0 radical (unpaired) electrons. The third-order valence-electron chi connectivity index (χ3n) is 4.61. The topological polar surface area (TPSA) is 21.3 Å². The number of aryl methyl sites for hydroxylation is 1. The Kier molecular flexibility index (Phi) is 4.89. The first-order valence-corrected chi connectivity index (χ1v) is 8.29. The van der Waals surface area contributed by atoms with E-state index in [9.17, 15) is 4.39 Å². The van der Waals surface area contributed by atoms with Crippen LogP contribution in [0, 0.1) is 24.6 Å². The summed E-state index contributed by atoms with van der Waals surface area (Å²) in [6, 6.07) is 4.53. The fourth-order valence-corrected chi connectivity index (χ4v) is 3.54. The second kappa shape index (κ2) is 6.88.